The van der Waals surface area contributed by atoms with Crippen LogP contribution < -0.4 is 0 Å². The minimum Gasteiger partial charge on any atom is -0.467 e. The molecule has 1 aliphatic heterocycles. The van der Waals surface area contributed by atoms with Gasteiger partial charge in [-0.3, -0.25) is 9.59 Å². The molecule has 0 aromatic carbocycles. The molecule has 132 valence electrons. The molecule has 1 fully saturated rings. The van der Waals surface area contributed by atoms with Gasteiger partial charge in [-0.15, -0.1) is 18.2 Å². The average Bonchev–Trinajstić information content (AvgIpc) is 3.26. The van der Waals surface area contributed by atoms with Crippen molar-refractivity contribution in [3.63, 3.8) is 0 Å². The quantitative estimate of drug-likeness (QED) is 0.503. The molecular weight excluding hydrogens is 332 g/mol. The summed E-state index contributed by atoms with van der Waals surface area (Å²) in [5.74, 6) is 0.0767. The maximum atomic E-state index is 12.7. The van der Waals surface area contributed by atoms with Gasteiger partial charge in [0.2, 0.25) is 11.8 Å². The van der Waals surface area contributed by atoms with Crippen LogP contribution in [0.15, 0.2) is 35.5 Å². The number of nitrogens with zero attached hydrogens (tertiary/aromatic N) is 2. The third-order valence-electron chi connectivity index (χ3n) is 3.87. The van der Waals surface area contributed by atoms with E-state index in [1.54, 1.807) is 23.3 Å². The molecule has 6 nitrogen and oxygen atoms in total. The van der Waals surface area contributed by atoms with E-state index in [0.717, 1.165) is 19.4 Å². The van der Waals surface area contributed by atoms with E-state index in [0.29, 0.717) is 18.8 Å². The summed E-state index contributed by atoms with van der Waals surface area (Å²) in [6, 6.07) is 3.60. The van der Waals surface area contributed by atoms with E-state index in [4.69, 9.17) is 20.8 Å². The van der Waals surface area contributed by atoms with Crippen molar-refractivity contribution in [2.45, 2.75) is 25.5 Å². The van der Waals surface area contributed by atoms with Crippen LogP contribution in [-0.4, -0.2) is 59.8 Å². The molecule has 1 atom stereocenters. The molecule has 0 N–H and O–H groups in total. The summed E-state index contributed by atoms with van der Waals surface area (Å²) in [5, 5.41) is 0. The molecule has 1 aromatic heterocycles. The van der Waals surface area contributed by atoms with Crippen LogP contribution >= 0.6 is 11.6 Å². The molecule has 0 bridgehead atoms. The molecule has 2 amide bonds. The normalized spacial score (nSPS) is 16.8. The second-order valence-electron chi connectivity index (χ2n) is 5.69. The van der Waals surface area contributed by atoms with E-state index < -0.39 is 0 Å². The van der Waals surface area contributed by atoms with Crippen molar-refractivity contribution >= 4 is 23.4 Å². The van der Waals surface area contributed by atoms with Gasteiger partial charge in [0, 0.05) is 19.7 Å². The van der Waals surface area contributed by atoms with E-state index in [1.807, 2.05) is 6.07 Å². The highest BCUT2D eigenvalue weighted by atomic mass is 35.5. The SMILES string of the molecule is C=CCN(CC(=O)N(Cc1ccco1)C[C@H]1CCCO1)C(=O)CCl. The predicted molar refractivity (Wildman–Crippen MR) is 90.6 cm³/mol. The van der Waals surface area contributed by atoms with Crippen molar-refractivity contribution in [1.82, 2.24) is 9.80 Å². The van der Waals surface area contributed by atoms with E-state index in [2.05, 4.69) is 6.58 Å². The number of hydrogen-bond donors (Lipinski definition) is 0. The van der Waals surface area contributed by atoms with Gasteiger partial charge in [-0.2, -0.15) is 0 Å². The van der Waals surface area contributed by atoms with Gasteiger partial charge in [0.15, 0.2) is 0 Å². The van der Waals surface area contributed by atoms with E-state index >= 15 is 0 Å². The zero-order valence-corrected chi connectivity index (χ0v) is 14.4. The zero-order valence-electron chi connectivity index (χ0n) is 13.7. The molecule has 0 unspecified atom stereocenters. The Morgan fingerprint density at radius 1 is 1.38 bits per heavy atom. The Morgan fingerprint density at radius 2 is 2.21 bits per heavy atom. The highest BCUT2D eigenvalue weighted by molar-refractivity contribution is 6.27. The van der Waals surface area contributed by atoms with Crippen molar-refractivity contribution < 1.29 is 18.7 Å². The van der Waals surface area contributed by atoms with Crippen LogP contribution in [0.4, 0.5) is 0 Å². The maximum absolute atomic E-state index is 12.7. The van der Waals surface area contributed by atoms with Crippen LogP contribution in [0.25, 0.3) is 0 Å². The molecule has 1 aromatic rings. The minimum absolute atomic E-state index is 0.0282. The van der Waals surface area contributed by atoms with Gasteiger partial charge in [-0.05, 0) is 25.0 Å². The fourth-order valence-electron chi connectivity index (χ4n) is 2.64. The van der Waals surface area contributed by atoms with Gasteiger partial charge < -0.3 is 19.0 Å². The number of furan rings is 1. The van der Waals surface area contributed by atoms with E-state index in [-0.39, 0.29) is 36.9 Å². The maximum Gasteiger partial charge on any atom is 0.242 e. The lowest BCUT2D eigenvalue weighted by Gasteiger charge is -2.28. The number of amides is 2. The lowest BCUT2D eigenvalue weighted by atomic mass is 10.2. The Hall–Kier alpha value is -1.79. The molecule has 0 aliphatic carbocycles. The number of hydrogen-bond acceptors (Lipinski definition) is 4. The molecule has 1 saturated heterocycles. The van der Waals surface area contributed by atoms with Crippen molar-refractivity contribution in [3.05, 3.63) is 36.8 Å². The smallest absolute Gasteiger partial charge is 0.242 e. The fraction of sp³-hybridized carbons (Fsp3) is 0.529. The first-order valence-corrected chi connectivity index (χ1v) is 8.54. The molecule has 0 spiro atoms. The van der Waals surface area contributed by atoms with E-state index in [1.165, 1.54) is 4.90 Å². The summed E-state index contributed by atoms with van der Waals surface area (Å²) in [5.41, 5.74) is 0. The van der Waals surface area contributed by atoms with Gasteiger partial charge in [0.05, 0.1) is 18.9 Å². The van der Waals surface area contributed by atoms with E-state index in [9.17, 15) is 9.59 Å². The third kappa shape index (κ3) is 5.39. The second-order valence-corrected chi connectivity index (χ2v) is 5.95. The summed E-state index contributed by atoms with van der Waals surface area (Å²) in [6.45, 7) is 5.42. The molecule has 2 heterocycles. The number of carbonyl (C=O) groups is 2. The summed E-state index contributed by atoms with van der Waals surface area (Å²) >= 11 is 5.61. The summed E-state index contributed by atoms with van der Waals surface area (Å²) < 4.78 is 11.0. The predicted octanol–water partition coefficient (Wildman–Crippen LogP) is 2.04. The first-order chi connectivity index (χ1) is 11.6. The molecule has 2 rings (SSSR count). The summed E-state index contributed by atoms with van der Waals surface area (Å²) in [4.78, 5) is 27.6. The highest BCUT2D eigenvalue weighted by Crippen LogP contribution is 2.16. The van der Waals surface area contributed by atoms with Gasteiger partial charge in [0.1, 0.15) is 18.2 Å². The summed E-state index contributed by atoms with van der Waals surface area (Å²) in [6.07, 6.45) is 5.11. The van der Waals surface area contributed by atoms with Crippen molar-refractivity contribution in [1.29, 1.82) is 0 Å². The van der Waals surface area contributed by atoms with Crippen LogP contribution in [0.2, 0.25) is 0 Å². The monoisotopic (exact) mass is 354 g/mol. The highest BCUT2D eigenvalue weighted by Gasteiger charge is 2.25. The molecule has 1 aliphatic rings. The van der Waals surface area contributed by atoms with Crippen molar-refractivity contribution in [2.75, 3.05) is 32.1 Å². The number of ether oxygens (including phenoxy) is 1. The minimum atomic E-state index is -0.292. The Kier molecular flexibility index (Phi) is 7.34. The zero-order chi connectivity index (χ0) is 17.4. The summed E-state index contributed by atoms with van der Waals surface area (Å²) in [7, 11) is 0. The Balaban J connectivity index is 2.03. The largest absolute Gasteiger partial charge is 0.467 e. The van der Waals surface area contributed by atoms with Gasteiger partial charge in [-0.1, -0.05) is 6.08 Å². The topological polar surface area (TPSA) is 63.0 Å². The van der Waals surface area contributed by atoms with Crippen molar-refractivity contribution in [3.8, 4) is 0 Å². The second kappa shape index (κ2) is 9.49. The third-order valence-corrected chi connectivity index (χ3v) is 4.10. The Labute approximate surface area is 147 Å². The molecule has 24 heavy (non-hydrogen) atoms. The van der Waals surface area contributed by atoms with Gasteiger partial charge >= 0.3 is 0 Å². The number of halogens is 1. The number of alkyl halides is 1. The molecular formula is C17H23ClN2O4. The van der Waals surface area contributed by atoms with Crippen LogP contribution in [-0.2, 0) is 20.9 Å². The fourth-order valence-corrected chi connectivity index (χ4v) is 2.81. The molecule has 0 radical (unpaired) electrons. The lowest BCUT2D eigenvalue weighted by Crippen LogP contribution is -2.45. The van der Waals surface area contributed by atoms with Crippen molar-refractivity contribution in [2.24, 2.45) is 0 Å². The molecule has 7 heteroatoms. The lowest BCUT2D eigenvalue weighted by molar-refractivity contribution is -0.140. The van der Waals surface area contributed by atoms with Gasteiger partial charge in [0.25, 0.3) is 0 Å². The van der Waals surface area contributed by atoms with Crippen LogP contribution in [0, 0.1) is 0 Å². The Bertz CT molecular complexity index is 541. The number of rotatable bonds is 9. The number of carbonyl (C=O) groups excluding carboxylic acids is 2. The van der Waals surface area contributed by atoms with Gasteiger partial charge in [-0.25, -0.2) is 0 Å². The van der Waals surface area contributed by atoms with Crippen LogP contribution in [0.1, 0.15) is 18.6 Å². The first kappa shape index (κ1) is 18.5. The first-order valence-electron chi connectivity index (χ1n) is 8.00. The Morgan fingerprint density at radius 3 is 2.79 bits per heavy atom. The van der Waals surface area contributed by atoms with Crippen LogP contribution in [0.3, 0.4) is 0 Å². The van der Waals surface area contributed by atoms with Crippen LogP contribution in [0.5, 0.6) is 0 Å². The molecule has 0 saturated carbocycles. The average molecular weight is 355 g/mol. The standard InChI is InChI=1S/C17H23ClN2O4/c1-2-7-19(16(21)10-18)13-17(22)20(11-14-5-3-8-23-14)12-15-6-4-9-24-15/h2-3,5,8,15H,1,4,6-7,9-13H2/t15-/m1/s1.